The number of fused-ring (bicyclic) bond motifs is 6. The van der Waals surface area contributed by atoms with Gasteiger partial charge in [-0.2, -0.15) is 0 Å². The van der Waals surface area contributed by atoms with E-state index in [9.17, 15) is 4.79 Å². The van der Waals surface area contributed by atoms with E-state index < -0.39 is 0 Å². The van der Waals surface area contributed by atoms with E-state index in [1.165, 1.54) is 83.3 Å². The molecule has 1 N–H and O–H groups in total. The van der Waals surface area contributed by atoms with Crippen LogP contribution in [0.15, 0.2) is 30.3 Å². The fourth-order valence-corrected chi connectivity index (χ4v) is 10.5. The molecular weight excluding hydrogens is 458 g/mol. The maximum absolute atomic E-state index is 12.5. The summed E-state index contributed by atoms with van der Waals surface area (Å²) in [4.78, 5) is 12.5. The molecule has 5 fully saturated rings. The second-order valence-corrected chi connectivity index (χ2v) is 13.9. The average molecular weight is 508 g/mol. The Morgan fingerprint density at radius 3 is 2.59 bits per heavy atom. The first-order valence-electron chi connectivity index (χ1n) is 15.4. The monoisotopic (exact) mass is 507 g/mol. The zero-order valence-electron chi connectivity index (χ0n) is 23.5. The molecule has 37 heavy (non-hydrogen) atoms. The number of carbonyl (C=O) groups excluding carboxylic acids is 1. The zero-order valence-corrected chi connectivity index (χ0v) is 23.5. The summed E-state index contributed by atoms with van der Waals surface area (Å²) in [7, 11) is 1.51. The maximum atomic E-state index is 12.5. The number of nitrogens with one attached hydrogen (secondary N) is 1. The summed E-state index contributed by atoms with van der Waals surface area (Å²) in [6, 6.07) is 10.0. The molecule has 1 aromatic rings. The van der Waals surface area contributed by atoms with Crippen LogP contribution in [0.4, 0.5) is 0 Å². The van der Waals surface area contributed by atoms with Crippen molar-refractivity contribution in [3.05, 3.63) is 35.9 Å². The van der Waals surface area contributed by atoms with Gasteiger partial charge in [-0.25, -0.2) is 0 Å². The van der Waals surface area contributed by atoms with Gasteiger partial charge in [-0.3, -0.25) is 4.79 Å². The van der Waals surface area contributed by atoms with Gasteiger partial charge in [0.05, 0.1) is 12.7 Å². The molecule has 6 rings (SSSR count). The predicted molar refractivity (Wildman–Crippen MR) is 147 cm³/mol. The summed E-state index contributed by atoms with van der Waals surface area (Å²) in [6.45, 7) is 7.21. The molecule has 5 aliphatic rings. The van der Waals surface area contributed by atoms with Crippen LogP contribution in [0.2, 0.25) is 0 Å². The van der Waals surface area contributed by atoms with E-state index in [1.807, 2.05) is 18.2 Å². The minimum absolute atomic E-state index is 0.143. The molecular formula is C33H49NO3. The fraction of sp³-hybridized carbons (Fsp3) is 0.788. The lowest BCUT2D eigenvalue weighted by atomic mass is 9.44. The second kappa shape index (κ2) is 9.97. The predicted octanol–water partition coefficient (Wildman–Crippen LogP) is 6.57. The molecule has 1 spiro atoms. The fourth-order valence-electron chi connectivity index (χ4n) is 10.5. The molecule has 9 atom stereocenters. The summed E-state index contributed by atoms with van der Waals surface area (Å²) >= 11 is 0. The van der Waals surface area contributed by atoms with Crippen LogP contribution in [0, 0.1) is 40.4 Å². The van der Waals surface area contributed by atoms with E-state index in [1.54, 1.807) is 0 Å². The standard InChI is InChI=1S/C33H49NO3/c1-31-16-12-24(22-34-29(30(35)36-3)21-23-8-5-4-6-9-23)20-25(31)10-11-26-27(31)13-17-32(2)28(26)14-18-33(32)15-7-19-37-33/h4-6,8-9,24-29,34H,7,10-22H2,1-3H3. The van der Waals surface area contributed by atoms with Crippen LogP contribution in [0.5, 0.6) is 0 Å². The van der Waals surface area contributed by atoms with Crippen LogP contribution < -0.4 is 5.32 Å². The van der Waals surface area contributed by atoms with Crippen molar-refractivity contribution in [1.29, 1.82) is 0 Å². The third-order valence-corrected chi connectivity index (χ3v) is 12.6. The van der Waals surface area contributed by atoms with Crippen LogP contribution in [0.3, 0.4) is 0 Å². The van der Waals surface area contributed by atoms with Crippen molar-refractivity contribution in [2.75, 3.05) is 20.3 Å². The molecule has 4 nitrogen and oxygen atoms in total. The van der Waals surface area contributed by atoms with Crippen molar-refractivity contribution in [2.24, 2.45) is 40.4 Å². The Morgan fingerprint density at radius 2 is 1.84 bits per heavy atom. The quantitative estimate of drug-likeness (QED) is 0.443. The van der Waals surface area contributed by atoms with Gasteiger partial charge in [-0.15, -0.1) is 0 Å². The summed E-state index contributed by atoms with van der Waals surface area (Å²) in [5.74, 6) is 4.04. The molecule has 9 unspecified atom stereocenters. The van der Waals surface area contributed by atoms with Gasteiger partial charge in [-0.1, -0.05) is 44.2 Å². The minimum atomic E-state index is -0.264. The normalized spacial score (nSPS) is 43.6. The van der Waals surface area contributed by atoms with E-state index in [0.29, 0.717) is 23.2 Å². The van der Waals surface area contributed by atoms with Crippen molar-refractivity contribution in [3.8, 4) is 0 Å². The Morgan fingerprint density at radius 1 is 1.03 bits per heavy atom. The highest BCUT2D eigenvalue weighted by atomic mass is 16.5. The highest BCUT2D eigenvalue weighted by Crippen LogP contribution is 2.70. The molecule has 1 heterocycles. The number of hydrogen-bond acceptors (Lipinski definition) is 4. The van der Waals surface area contributed by atoms with Gasteiger partial charge in [0.1, 0.15) is 6.04 Å². The first kappa shape index (κ1) is 25.9. The van der Waals surface area contributed by atoms with Crippen molar-refractivity contribution in [3.63, 3.8) is 0 Å². The molecule has 4 saturated carbocycles. The molecule has 1 aliphatic heterocycles. The lowest BCUT2D eigenvalue weighted by Gasteiger charge is -2.62. The van der Waals surface area contributed by atoms with Gasteiger partial charge in [0.25, 0.3) is 0 Å². The number of benzene rings is 1. The Bertz CT molecular complexity index is 958. The van der Waals surface area contributed by atoms with Gasteiger partial charge in [-0.05, 0) is 130 Å². The highest BCUT2D eigenvalue weighted by Gasteiger charge is 2.65. The summed E-state index contributed by atoms with van der Waals surface area (Å²) in [5, 5.41) is 3.63. The van der Waals surface area contributed by atoms with Gasteiger partial charge in [0.2, 0.25) is 0 Å². The van der Waals surface area contributed by atoms with E-state index in [2.05, 4.69) is 31.3 Å². The Hall–Kier alpha value is -1.39. The van der Waals surface area contributed by atoms with E-state index in [0.717, 1.165) is 36.8 Å². The SMILES string of the molecule is COC(=O)C(Cc1ccccc1)NCC1CCC2(C)C(CCC3C2CCC2(C)C3CCC23CCCO3)C1. The van der Waals surface area contributed by atoms with Crippen molar-refractivity contribution >= 4 is 5.97 Å². The molecule has 0 amide bonds. The highest BCUT2D eigenvalue weighted by molar-refractivity contribution is 5.76. The average Bonchev–Trinajstić information content (AvgIpc) is 3.52. The number of ether oxygens (including phenoxy) is 2. The first-order chi connectivity index (χ1) is 17.9. The molecule has 4 aliphatic carbocycles. The minimum Gasteiger partial charge on any atom is -0.468 e. The van der Waals surface area contributed by atoms with Crippen molar-refractivity contribution in [2.45, 2.75) is 103 Å². The molecule has 0 aromatic heterocycles. The number of hydrogen-bond donors (Lipinski definition) is 1. The smallest absolute Gasteiger partial charge is 0.323 e. The molecule has 4 heteroatoms. The Labute approximate surface area is 224 Å². The van der Waals surface area contributed by atoms with Crippen LogP contribution in [-0.4, -0.2) is 37.9 Å². The second-order valence-electron chi connectivity index (χ2n) is 13.9. The largest absolute Gasteiger partial charge is 0.468 e. The molecule has 0 bridgehead atoms. The number of rotatable bonds is 6. The van der Waals surface area contributed by atoms with Gasteiger partial charge in [0, 0.05) is 6.61 Å². The number of carbonyl (C=O) groups is 1. The summed E-state index contributed by atoms with van der Waals surface area (Å²) in [5.41, 5.74) is 2.30. The Balaban J connectivity index is 1.09. The van der Waals surface area contributed by atoms with Crippen LogP contribution in [-0.2, 0) is 20.7 Å². The van der Waals surface area contributed by atoms with Gasteiger partial charge in [0.15, 0.2) is 0 Å². The van der Waals surface area contributed by atoms with E-state index in [4.69, 9.17) is 9.47 Å². The molecule has 1 aromatic carbocycles. The van der Waals surface area contributed by atoms with Crippen molar-refractivity contribution < 1.29 is 14.3 Å². The lowest BCUT2D eigenvalue weighted by Crippen LogP contribution is -2.56. The van der Waals surface area contributed by atoms with E-state index in [-0.39, 0.29) is 17.6 Å². The van der Waals surface area contributed by atoms with Crippen LogP contribution in [0.1, 0.15) is 90.0 Å². The molecule has 0 radical (unpaired) electrons. The Kier molecular flexibility index (Phi) is 6.97. The molecule has 204 valence electrons. The summed E-state index contributed by atoms with van der Waals surface area (Å²) < 4.78 is 11.7. The van der Waals surface area contributed by atoms with Gasteiger partial charge >= 0.3 is 5.97 Å². The van der Waals surface area contributed by atoms with Crippen LogP contribution >= 0.6 is 0 Å². The topological polar surface area (TPSA) is 47.6 Å². The van der Waals surface area contributed by atoms with Gasteiger partial charge < -0.3 is 14.8 Å². The maximum Gasteiger partial charge on any atom is 0.323 e. The first-order valence-corrected chi connectivity index (χ1v) is 15.4. The summed E-state index contributed by atoms with van der Waals surface area (Å²) in [6.07, 6.45) is 15.6. The third kappa shape index (κ3) is 4.29. The number of methoxy groups -OCH3 is 1. The van der Waals surface area contributed by atoms with Crippen LogP contribution in [0.25, 0.3) is 0 Å². The van der Waals surface area contributed by atoms with Crippen molar-refractivity contribution in [1.82, 2.24) is 5.32 Å². The number of esters is 1. The third-order valence-electron chi connectivity index (χ3n) is 12.6. The molecule has 1 saturated heterocycles. The lowest BCUT2D eigenvalue weighted by molar-refractivity contribution is -0.158. The zero-order chi connectivity index (χ0) is 25.7. The van der Waals surface area contributed by atoms with E-state index >= 15 is 0 Å².